The van der Waals surface area contributed by atoms with E-state index in [1.807, 2.05) is 0 Å². The fourth-order valence-electron chi connectivity index (χ4n) is 1.09. The maximum atomic E-state index is 13.3. The molecule has 0 aromatic heterocycles. The van der Waals surface area contributed by atoms with Gasteiger partial charge < -0.3 is 10.1 Å². The highest BCUT2D eigenvalue weighted by molar-refractivity contribution is 5.90. The van der Waals surface area contributed by atoms with E-state index in [9.17, 15) is 13.6 Å². The number of urea groups is 1. The predicted octanol–water partition coefficient (Wildman–Crippen LogP) is 1.36. The summed E-state index contributed by atoms with van der Waals surface area (Å²) in [6.45, 7) is 1.86. The SMILES string of the molecule is CCOc1cc(F)cc(F)c1NC(=O)NN. The number of hydrazine groups is 1. The second-order valence-electron chi connectivity index (χ2n) is 2.79. The molecule has 7 heteroatoms. The third-order valence-electron chi connectivity index (χ3n) is 1.69. The van der Waals surface area contributed by atoms with Crippen LogP contribution in [0.2, 0.25) is 0 Å². The number of amides is 2. The molecule has 0 atom stereocenters. The van der Waals surface area contributed by atoms with E-state index in [-0.39, 0.29) is 18.0 Å². The van der Waals surface area contributed by atoms with Gasteiger partial charge in [-0.15, -0.1) is 0 Å². The van der Waals surface area contributed by atoms with Crippen molar-refractivity contribution >= 4 is 11.7 Å². The normalized spacial score (nSPS) is 9.75. The van der Waals surface area contributed by atoms with Crippen molar-refractivity contribution in [2.45, 2.75) is 6.92 Å². The third kappa shape index (κ3) is 2.80. The molecule has 0 aliphatic carbocycles. The molecule has 5 nitrogen and oxygen atoms in total. The molecule has 1 aromatic carbocycles. The van der Waals surface area contributed by atoms with Crippen molar-refractivity contribution in [2.24, 2.45) is 5.84 Å². The molecular weight excluding hydrogens is 220 g/mol. The van der Waals surface area contributed by atoms with E-state index >= 15 is 0 Å². The Balaban J connectivity index is 3.08. The molecule has 0 bridgehead atoms. The van der Waals surface area contributed by atoms with E-state index in [4.69, 9.17) is 10.6 Å². The van der Waals surface area contributed by atoms with Gasteiger partial charge in [-0.25, -0.2) is 19.4 Å². The van der Waals surface area contributed by atoms with Crippen molar-refractivity contribution < 1.29 is 18.3 Å². The lowest BCUT2D eigenvalue weighted by Crippen LogP contribution is -2.34. The van der Waals surface area contributed by atoms with Gasteiger partial charge in [-0.2, -0.15) is 0 Å². The number of anilines is 1. The second-order valence-corrected chi connectivity index (χ2v) is 2.79. The number of nitrogens with one attached hydrogen (secondary N) is 2. The van der Waals surface area contributed by atoms with Crippen LogP contribution < -0.4 is 21.3 Å². The van der Waals surface area contributed by atoms with Gasteiger partial charge >= 0.3 is 6.03 Å². The molecule has 2 amide bonds. The van der Waals surface area contributed by atoms with E-state index < -0.39 is 17.7 Å². The summed E-state index contributed by atoms with van der Waals surface area (Å²) in [6.07, 6.45) is 0. The summed E-state index contributed by atoms with van der Waals surface area (Å²) in [6, 6.07) is 0.777. The molecule has 0 saturated heterocycles. The molecule has 0 fully saturated rings. The van der Waals surface area contributed by atoms with E-state index in [1.54, 1.807) is 12.3 Å². The number of carbonyl (C=O) groups excluding carboxylic acids is 1. The Kier molecular flexibility index (Phi) is 4.01. The molecule has 0 heterocycles. The van der Waals surface area contributed by atoms with Crippen LogP contribution in [0.25, 0.3) is 0 Å². The Morgan fingerprint density at radius 2 is 2.19 bits per heavy atom. The standard InChI is InChI=1S/C9H11F2N3O2/c1-2-16-7-4-5(10)3-6(11)8(7)13-9(15)14-12/h3-4H,2,12H2,1H3,(H2,13,14,15). The Morgan fingerprint density at radius 3 is 2.75 bits per heavy atom. The number of ether oxygens (including phenoxy) is 1. The topological polar surface area (TPSA) is 76.4 Å². The summed E-state index contributed by atoms with van der Waals surface area (Å²) < 4.78 is 31.2. The first kappa shape index (κ1) is 12.2. The number of carbonyl (C=O) groups is 1. The zero-order valence-electron chi connectivity index (χ0n) is 8.51. The van der Waals surface area contributed by atoms with Crippen molar-refractivity contribution in [3.05, 3.63) is 23.8 Å². The monoisotopic (exact) mass is 231 g/mol. The van der Waals surface area contributed by atoms with E-state index in [2.05, 4.69) is 5.32 Å². The van der Waals surface area contributed by atoms with Crippen LogP contribution in [0.15, 0.2) is 12.1 Å². The molecular formula is C9H11F2N3O2. The van der Waals surface area contributed by atoms with Gasteiger partial charge in [-0.05, 0) is 6.92 Å². The van der Waals surface area contributed by atoms with Gasteiger partial charge in [0.1, 0.15) is 17.3 Å². The number of halogens is 2. The summed E-state index contributed by atoms with van der Waals surface area (Å²) in [7, 11) is 0. The van der Waals surface area contributed by atoms with E-state index in [1.165, 1.54) is 0 Å². The van der Waals surface area contributed by atoms with Crippen LogP contribution >= 0.6 is 0 Å². The summed E-state index contributed by atoms with van der Waals surface area (Å²) in [4.78, 5) is 10.9. The van der Waals surface area contributed by atoms with Gasteiger partial charge in [0.2, 0.25) is 0 Å². The first-order valence-electron chi connectivity index (χ1n) is 4.48. The highest BCUT2D eigenvalue weighted by Gasteiger charge is 2.14. The molecule has 0 saturated carbocycles. The highest BCUT2D eigenvalue weighted by Crippen LogP contribution is 2.28. The number of nitrogens with two attached hydrogens (primary N) is 1. The van der Waals surface area contributed by atoms with Gasteiger partial charge in [0.15, 0.2) is 5.82 Å². The third-order valence-corrected chi connectivity index (χ3v) is 1.69. The Hall–Kier alpha value is -1.89. The minimum absolute atomic E-state index is 0.0939. The van der Waals surface area contributed by atoms with Crippen LogP contribution in [-0.2, 0) is 0 Å². The van der Waals surface area contributed by atoms with Crippen LogP contribution in [-0.4, -0.2) is 12.6 Å². The van der Waals surface area contributed by atoms with Gasteiger partial charge in [0.25, 0.3) is 0 Å². The van der Waals surface area contributed by atoms with Gasteiger partial charge in [0.05, 0.1) is 6.61 Å². The number of hydrogen-bond acceptors (Lipinski definition) is 3. The highest BCUT2D eigenvalue weighted by atomic mass is 19.1. The number of hydrogen-bond donors (Lipinski definition) is 3. The molecule has 4 N–H and O–H groups in total. The maximum absolute atomic E-state index is 13.3. The molecule has 0 spiro atoms. The molecule has 1 aromatic rings. The Bertz CT molecular complexity index is 399. The summed E-state index contributed by atoms with van der Waals surface area (Å²) in [5.41, 5.74) is 1.50. The largest absolute Gasteiger partial charge is 0.491 e. The molecule has 0 aliphatic heterocycles. The minimum Gasteiger partial charge on any atom is -0.491 e. The lowest BCUT2D eigenvalue weighted by atomic mass is 10.2. The molecule has 88 valence electrons. The van der Waals surface area contributed by atoms with Crippen LogP contribution in [0.4, 0.5) is 19.3 Å². The van der Waals surface area contributed by atoms with Crippen molar-refractivity contribution in [2.75, 3.05) is 11.9 Å². The quantitative estimate of drug-likeness (QED) is 0.417. The van der Waals surface area contributed by atoms with Gasteiger partial charge in [0, 0.05) is 12.1 Å². The van der Waals surface area contributed by atoms with Crippen molar-refractivity contribution in [3.8, 4) is 5.75 Å². The molecule has 16 heavy (non-hydrogen) atoms. The zero-order valence-corrected chi connectivity index (χ0v) is 8.51. The lowest BCUT2D eigenvalue weighted by Gasteiger charge is -2.12. The zero-order chi connectivity index (χ0) is 12.1. The molecule has 1 rings (SSSR count). The Labute approximate surface area is 90.5 Å². The minimum atomic E-state index is -0.938. The fraction of sp³-hybridized carbons (Fsp3) is 0.222. The van der Waals surface area contributed by atoms with Crippen LogP contribution in [0.3, 0.4) is 0 Å². The predicted molar refractivity (Wildman–Crippen MR) is 53.9 cm³/mol. The van der Waals surface area contributed by atoms with E-state index in [0.29, 0.717) is 6.07 Å². The van der Waals surface area contributed by atoms with E-state index in [0.717, 1.165) is 6.07 Å². The van der Waals surface area contributed by atoms with Gasteiger partial charge in [-0.1, -0.05) is 0 Å². The summed E-state index contributed by atoms with van der Waals surface area (Å²) in [5.74, 6) is 3.00. The van der Waals surface area contributed by atoms with Crippen molar-refractivity contribution in [1.29, 1.82) is 0 Å². The van der Waals surface area contributed by atoms with Gasteiger partial charge in [-0.3, -0.25) is 5.43 Å². The summed E-state index contributed by atoms with van der Waals surface area (Å²) >= 11 is 0. The van der Waals surface area contributed by atoms with Crippen molar-refractivity contribution in [1.82, 2.24) is 5.43 Å². The van der Waals surface area contributed by atoms with Crippen LogP contribution in [0.5, 0.6) is 5.75 Å². The van der Waals surface area contributed by atoms with Crippen LogP contribution in [0.1, 0.15) is 6.92 Å². The number of rotatable bonds is 3. The Morgan fingerprint density at radius 1 is 1.50 bits per heavy atom. The first-order chi connectivity index (χ1) is 7.58. The fourth-order valence-corrected chi connectivity index (χ4v) is 1.09. The smallest absolute Gasteiger partial charge is 0.333 e. The average Bonchev–Trinajstić information content (AvgIpc) is 2.23. The summed E-state index contributed by atoms with van der Waals surface area (Å²) in [5, 5.41) is 2.10. The second kappa shape index (κ2) is 5.26. The average molecular weight is 231 g/mol. The maximum Gasteiger partial charge on any atom is 0.333 e. The number of benzene rings is 1. The molecule has 0 unspecified atom stereocenters. The molecule has 0 radical (unpaired) electrons. The molecule has 0 aliphatic rings. The van der Waals surface area contributed by atoms with Crippen LogP contribution in [0, 0.1) is 11.6 Å². The first-order valence-corrected chi connectivity index (χ1v) is 4.48. The van der Waals surface area contributed by atoms with Crippen molar-refractivity contribution in [3.63, 3.8) is 0 Å². The lowest BCUT2D eigenvalue weighted by molar-refractivity contribution is 0.252.